The van der Waals surface area contributed by atoms with Crippen LogP contribution in [0.15, 0.2) is 41.3 Å². The number of aromatic nitrogens is 1. The topological polar surface area (TPSA) is 101 Å². The van der Waals surface area contributed by atoms with E-state index in [2.05, 4.69) is 5.32 Å². The molecule has 0 aliphatic heterocycles. The molecule has 0 saturated carbocycles. The van der Waals surface area contributed by atoms with E-state index in [-0.39, 0.29) is 23.4 Å². The predicted molar refractivity (Wildman–Crippen MR) is 74.9 cm³/mol. The minimum atomic E-state index is -0.664. The third-order valence-corrected chi connectivity index (χ3v) is 2.69. The molecule has 0 aliphatic rings. The van der Waals surface area contributed by atoms with E-state index in [1.54, 1.807) is 6.07 Å². The van der Waals surface area contributed by atoms with E-state index in [1.807, 2.05) is 0 Å². The Balaban J connectivity index is 2.14. The van der Waals surface area contributed by atoms with Gasteiger partial charge in [0.1, 0.15) is 18.4 Å². The molecule has 3 N–H and O–H groups in total. The molecule has 0 atom stereocenters. The van der Waals surface area contributed by atoms with Gasteiger partial charge in [-0.2, -0.15) is 5.26 Å². The number of halogens is 1. The fourth-order valence-electron chi connectivity index (χ4n) is 1.72. The number of nitrogens with zero attached hydrogens (tertiary/aromatic N) is 2. The normalized spacial score (nSPS) is 9.90. The fourth-order valence-corrected chi connectivity index (χ4v) is 1.72. The first-order chi connectivity index (χ1) is 9.99. The molecule has 0 fully saturated rings. The number of benzene rings is 1. The van der Waals surface area contributed by atoms with Crippen LogP contribution in [0.5, 0.6) is 0 Å². The van der Waals surface area contributed by atoms with Gasteiger partial charge in [0.05, 0.1) is 5.56 Å². The van der Waals surface area contributed by atoms with Gasteiger partial charge in [0.25, 0.3) is 5.56 Å². The van der Waals surface area contributed by atoms with Crippen LogP contribution in [0.3, 0.4) is 0 Å². The van der Waals surface area contributed by atoms with Gasteiger partial charge in [0.15, 0.2) is 0 Å². The molecule has 6 nitrogen and oxygen atoms in total. The van der Waals surface area contributed by atoms with Crippen molar-refractivity contribution in [2.24, 2.45) is 0 Å². The fraction of sp³-hybridized carbons (Fsp3) is 0.0714. The lowest BCUT2D eigenvalue weighted by Crippen LogP contribution is -2.27. The first-order valence-corrected chi connectivity index (χ1v) is 5.95. The molecule has 1 aromatic heterocycles. The average molecular weight is 286 g/mol. The van der Waals surface area contributed by atoms with E-state index in [0.29, 0.717) is 5.69 Å². The lowest BCUT2D eigenvalue weighted by molar-refractivity contribution is -0.116. The minimum absolute atomic E-state index is 0.172. The second-order valence-electron chi connectivity index (χ2n) is 4.28. The van der Waals surface area contributed by atoms with Crippen LogP contribution in [0.4, 0.5) is 15.8 Å². The van der Waals surface area contributed by atoms with Gasteiger partial charge in [-0.3, -0.25) is 9.59 Å². The summed E-state index contributed by atoms with van der Waals surface area (Å²) in [5, 5.41) is 11.2. The SMILES string of the molecule is N#Cc1cc(NC(=O)Cn2cc(N)ccc2=O)ccc1F. The van der Waals surface area contributed by atoms with Gasteiger partial charge in [-0.05, 0) is 24.3 Å². The van der Waals surface area contributed by atoms with E-state index < -0.39 is 11.7 Å². The number of amides is 1. The molecule has 0 saturated heterocycles. The summed E-state index contributed by atoms with van der Waals surface area (Å²) < 4.78 is 14.3. The first-order valence-electron chi connectivity index (χ1n) is 5.95. The molecule has 0 radical (unpaired) electrons. The van der Waals surface area contributed by atoms with Crippen LogP contribution >= 0.6 is 0 Å². The van der Waals surface area contributed by atoms with Gasteiger partial charge in [0, 0.05) is 23.6 Å². The number of hydrogen-bond acceptors (Lipinski definition) is 4. The molecule has 0 unspecified atom stereocenters. The van der Waals surface area contributed by atoms with Crippen molar-refractivity contribution in [3.63, 3.8) is 0 Å². The third-order valence-electron chi connectivity index (χ3n) is 2.69. The van der Waals surface area contributed by atoms with Crippen LogP contribution in [-0.4, -0.2) is 10.5 Å². The van der Waals surface area contributed by atoms with Crippen LogP contribution in [0.2, 0.25) is 0 Å². The van der Waals surface area contributed by atoms with E-state index in [4.69, 9.17) is 11.0 Å². The second kappa shape index (κ2) is 5.88. The highest BCUT2D eigenvalue weighted by molar-refractivity contribution is 5.90. The van der Waals surface area contributed by atoms with Gasteiger partial charge < -0.3 is 15.6 Å². The van der Waals surface area contributed by atoms with Crippen molar-refractivity contribution in [2.45, 2.75) is 6.54 Å². The lowest BCUT2D eigenvalue weighted by atomic mass is 10.2. The standard InChI is InChI=1S/C14H11FN4O2/c15-12-3-2-11(5-9(12)6-16)18-13(20)8-19-7-10(17)1-4-14(19)21/h1-5,7H,8,17H2,(H,18,20). The first kappa shape index (κ1) is 14.3. The number of carbonyl (C=O) groups excluding carboxylic acids is 1. The second-order valence-corrected chi connectivity index (χ2v) is 4.28. The summed E-state index contributed by atoms with van der Waals surface area (Å²) in [6.45, 7) is -0.233. The van der Waals surface area contributed by atoms with E-state index >= 15 is 0 Å². The third kappa shape index (κ3) is 3.45. The van der Waals surface area contributed by atoms with Crippen molar-refractivity contribution in [3.8, 4) is 6.07 Å². The Morgan fingerprint density at radius 1 is 1.38 bits per heavy atom. The maximum atomic E-state index is 13.2. The summed E-state index contributed by atoms with van der Waals surface area (Å²) in [6.07, 6.45) is 1.35. The molecular formula is C14H11FN4O2. The van der Waals surface area contributed by atoms with Gasteiger partial charge in [-0.1, -0.05) is 0 Å². The van der Waals surface area contributed by atoms with Crippen LogP contribution < -0.4 is 16.6 Å². The Kier molecular flexibility index (Phi) is 4.00. The summed E-state index contributed by atoms with van der Waals surface area (Å²) in [5.74, 6) is -1.15. The van der Waals surface area contributed by atoms with Crippen LogP contribution in [0.25, 0.3) is 0 Å². The molecule has 7 heteroatoms. The van der Waals surface area contributed by atoms with Crippen LogP contribution in [-0.2, 0) is 11.3 Å². The predicted octanol–water partition coefficient (Wildman–Crippen LogP) is 1.08. The molecule has 1 heterocycles. The molecule has 0 bridgehead atoms. The van der Waals surface area contributed by atoms with Crippen molar-refractivity contribution in [2.75, 3.05) is 11.1 Å². The maximum absolute atomic E-state index is 13.2. The molecule has 106 valence electrons. The highest BCUT2D eigenvalue weighted by Crippen LogP contribution is 2.13. The Labute approximate surface area is 119 Å². The molecule has 2 rings (SSSR count). The highest BCUT2D eigenvalue weighted by Gasteiger charge is 2.08. The number of nitrogen functional groups attached to an aromatic ring is 1. The number of carbonyl (C=O) groups is 1. The molecule has 1 amide bonds. The van der Waals surface area contributed by atoms with Crippen molar-refractivity contribution in [3.05, 3.63) is 58.3 Å². The Hall–Kier alpha value is -3.14. The smallest absolute Gasteiger partial charge is 0.251 e. The van der Waals surface area contributed by atoms with Gasteiger partial charge in [-0.15, -0.1) is 0 Å². The number of nitrogens with two attached hydrogens (primary N) is 1. The van der Waals surface area contributed by atoms with Gasteiger partial charge in [0.2, 0.25) is 5.91 Å². The minimum Gasteiger partial charge on any atom is -0.398 e. The molecule has 1 aromatic carbocycles. The molecule has 21 heavy (non-hydrogen) atoms. The van der Waals surface area contributed by atoms with Crippen molar-refractivity contribution < 1.29 is 9.18 Å². The molecule has 2 aromatic rings. The molecule has 0 aliphatic carbocycles. The lowest BCUT2D eigenvalue weighted by Gasteiger charge is -2.08. The largest absolute Gasteiger partial charge is 0.398 e. The molecule has 0 spiro atoms. The van der Waals surface area contributed by atoms with Crippen LogP contribution in [0.1, 0.15) is 5.56 Å². The number of nitriles is 1. The monoisotopic (exact) mass is 286 g/mol. The Morgan fingerprint density at radius 3 is 2.86 bits per heavy atom. The summed E-state index contributed by atoms with van der Waals surface area (Å²) >= 11 is 0. The van der Waals surface area contributed by atoms with Gasteiger partial charge in [-0.25, -0.2) is 4.39 Å². The number of anilines is 2. The van der Waals surface area contributed by atoms with E-state index in [0.717, 1.165) is 10.6 Å². The summed E-state index contributed by atoms with van der Waals surface area (Å²) in [7, 11) is 0. The molecular weight excluding hydrogens is 275 g/mol. The van der Waals surface area contributed by atoms with Crippen molar-refractivity contribution in [1.82, 2.24) is 4.57 Å². The maximum Gasteiger partial charge on any atom is 0.251 e. The number of rotatable bonds is 3. The average Bonchev–Trinajstić information content (AvgIpc) is 2.45. The zero-order chi connectivity index (χ0) is 15.4. The summed E-state index contributed by atoms with van der Waals surface area (Å²) in [4.78, 5) is 23.4. The van der Waals surface area contributed by atoms with E-state index in [1.165, 1.54) is 30.5 Å². The number of hydrogen-bond donors (Lipinski definition) is 2. The van der Waals surface area contributed by atoms with Crippen molar-refractivity contribution >= 4 is 17.3 Å². The number of nitrogens with one attached hydrogen (secondary N) is 1. The zero-order valence-electron chi connectivity index (χ0n) is 10.8. The Bertz CT molecular complexity index is 792. The van der Waals surface area contributed by atoms with Crippen molar-refractivity contribution in [1.29, 1.82) is 5.26 Å². The van der Waals surface area contributed by atoms with E-state index in [9.17, 15) is 14.0 Å². The highest BCUT2D eigenvalue weighted by atomic mass is 19.1. The van der Waals surface area contributed by atoms with Crippen LogP contribution in [0, 0.1) is 17.1 Å². The van der Waals surface area contributed by atoms with Gasteiger partial charge >= 0.3 is 0 Å². The summed E-state index contributed by atoms with van der Waals surface area (Å²) in [6, 6.07) is 8.01. The quantitative estimate of drug-likeness (QED) is 0.881. The number of pyridine rings is 1. The zero-order valence-corrected chi connectivity index (χ0v) is 10.8. The Morgan fingerprint density at radius 2 is 2.14 bits per heavy atom. The summed E-state index contributed by atoms with van der Waals surface area (Å²) in [5.41, 5.74) is 5.63.